The molecule has 0 atom stereocenters. The van der Waals surface area contributed by atoms with E-state index in [1.165, 1.54) is 12.4 Å². The van der Waals surface area contributed by atoms with Gasteiger partial charge in [-0.15, -0.1) is 0 Å². The Hall–Kier alpha value is -2.14. The van der Waals surface area contributed by atoms with Crippen LogP contribution in [0.1, 0.15) is 10.5 Å². The number of anilines is 2. The fourth-order valence-corrected chi connectivity index (χ4v) is 1.45. The minimum absolute atomic E-state index is 0.0763. The number of nitrogens with two attached hydrogens (primary N) is 1. The van der Waals surface area contributed by atoms with Gasteiger partial charge in [0.15, 0.2) is 11.5 Å². The maximum Gasteiger partial charge on any atom is 0.278 e. The van der Waals surface area contributed by atoms with Crippen LogP contribution in [0.25, 0.3) is 0 Å². The van der Waals surface area contributed by atoms with E-state index in [0.717, 1.165) is 0 Å². The topological polar surface area (TPSA) is 80.9 Å². The van der Waals surface area contributed by atoms with Gasteiger partial charge < -0.3 is 11.1 Å². The minimum Gasteiger partial charge on any atom is -0.382 e. The fourth-order valence-electron chi connectivity index (χ4n) is 1.27. The van der Waals surface area contributed by atoms with Crippen LogP contribution in [-0.4, -0.2) is 15.9 Å². The lowest BCUT2D eigenvalue weighted by Gasteiger charge is -2.07. The smallest absolute Gasteiger partial charge is 0.278 e. The molecule has 0 radical (unpaired) electrons. The van der Waals surface area contributed by atoms with Crippen molar-refractivity contribution in [3.8, 4) is 0 Å². The van der Waals surface area contributed by atoms with Gasteiger partial charge in [0.2, 0.25) is 0 Å². The molecule has 1 aromatic heterocycles. The van der Waals surface area contributed by atoms with Gasteiger partial charge in [-0.3, -0.25) is 4.79 Å². The number of benzene rings is 1. The zero-order valence-corrected chi connectivity index (χ0v) is 9.48. The number of hydrogen-bond acceptors (Lipinski definition) is 4. The van der Waals surface area contributed by atoms with Gasteiger partial charge in [-0.05, 0) is 12.1 Å². The van der Waals surface area contributed by atoms with Gasteiger partial charge in [-0.2, -0.15) is 0 Å². The van der Waals surface area contributed by atoms with Gasteiger partial charge in [-0.25, -0.2) is 9.97 Å². The normalized spacial score (nSPS) is 9.94. The summed E-state index contributed by atoms with van der Waals surface area (Å²) in [6.07, 6.45) is 2.82. The Bertz CT molecular complexity index is 559. The quantitative estimate of drug-likeness (QED) is 0.851. The number of carbonyl (C=O) groups is 1. The molecule has 3 N–H and O–H groups in total. The van der Waals surface area contributed by atoms with E-state index in [0.29, 0.717) is 10.7 Å². The number of aromatic nitrogens is 2. The average molecular weight is 249 g/mol. The van der Waals surface area contributed by atoms with Crippen molar-refractivity contribution in [1.29, 1.82) is 0 Å². The second-order valence-corrected chi connectivity index (χ2v) is 3.63. The van der Waals surface area contributed by atoms with E-state index in [2.05, 4.69) is 15.3 Å². The van der Waals surface area contributed by atoms with E-state index in [1.807, 2.05) is 0 Å². The summed E-state index contributed by atoms with van der Waals surface area (Å²) in [5.74, 6) is -0.360. The first kappa shape index (κ1) is 11.3. The van der Waals surface area contributed by atoms with Crippen molar-refractivity contribution in [3.05, 3.63) is 47.4 Å². The standard InChI is InChI=1S/C11H9ClN4O/c12-7-3-1-2-4-8(7)16-11(17)9-10(13)15-6-5-14-9/h1-6H,(H2,13,15)(H,16,17). The van der Waals surface area contributed by atoms with Crippen molar-refractivity contribution in [1.82, 2.24) is 9.97 Å². The maximum atomic E-state index is 11.8. The molecule has 0 aliphatic rings. The second-order valence-electron chi connectivity index (χ2n) is 3.22. The molecular weight excluding hydrogens is 240 g/mol. The van der Waals surface area contributed by atoms with Gasteiger partial charge in [0, 0.05) is 12.4 Å². The molecule has 0 bridgehead atoms. The lowest BCUT2D eigenvalue weighted by atomic mass is 10.3. The van der Waals surface area contributed by atoms with Gasteiger partial charge in [0.25, 0.3) is 5.91 Å². The molecule has 2 rings (SSSR count). The van der Waals surface area contributed by atoms with E-state index in [1.54, 1.807) is 24.3 Å². The molecule has 6 heteroatoms. The number of nitrogens with zero attached hydrogens (tertiary/aromatic N) is 2. The summed E-state index contributed by atoms with van der Waals surface area (Å²) in [5.41, 5.74) is 6.13. The molecule has 5 nitrogen and oxygen atoms in total. The largest absolute Gasteiger partial charge is 0.382 e. The average Bonchev–Trinajstić information content (AvgIpc) is 2.32. The molecule has 2 aromatic rings. The molecule has 0 unspecified atom stereocenters. The summed E-state index contributed by atoms with van der Waals surface area (Å²) < 4.78 is 0. The molecule has 0 fully saturated rings. The highest BCUT2D eigenvalue weighted by Gasteiger charge is 2.13. The number of hydrogen-bond donors (Lipinski definition) is 2. The van der Waals surface area contributed by atoms with Gasteiger partial charge >= 0.3 is 0 Å². The summed E-state index contributed by atoms with van der Waals surface area (Å²) in [4.78, 5) is 19.5. The van der Waals surface area contributed by atoms with Crippen LogP contribution < -0.4 is 11.1 Å². The third kappa shape index (κ3) is 2.51. The minimum atomic E-state index is -0.441. The van der Waals surface area contributed by atoms with Gasteiger partial charge in [-0.1, -0.05) is 23.7 Å². The second kappa shape index (κ2) is 4.80. The summed E-state index contributed by atoms with van der Waals surface area (Å²) in [6, 6.07) is 6.90. The van der Waals surface area contributed by atoms with Crippen LogP contribution in [0.2, 0.25) is 5.02 Å². The van der Waals surface area contributed by atoms with E-state index < -0.39 is 5.91 Å². The Labute approximate surface area is 103 Å². The van der Waals surface area contributed by atoms with Crippen molar-refractivity contribution in [2.45, 2.75) is 0 Å². The Morgan fingerprint density at radius 3 is 2.65 bits per heavy atom. The van der Waals surface area contributed by atoms with E-state index >= 15 is 0 Å². The first-order valence-corrected chi connectivity index (χ1v) is 5.18. The summed E-state index contributed by atoms with van der Waals surface area (Å²) >= 11 is 5.91. The molecule has 0 saturated carbocycles. The van der Waals surface area contributed by atoms with Crippen LogP contribution >= 0.6 is 11.6 Å². The molecule has 1 amide bonds. The van der Waals surface area contributed by atoms with Crippen LogP contribution in [0.3, 0.4) is 0 Å². The van der Waals surface area contributed by atoms with Crippen molar-refractivity contribution >= 4 is 29.0 Å². The molecule has 86 valence electrons. The SMILES string of the molecule is Nc1nccnc1C(=O)Nc1ccccc1Cl. The van der Waals surface area contributed by atoms with E-state index in [4.69, 9.17) is 17.3 Å². The van der Waals surface area contributed by atoms with Gasteiger partial charge in [0.1, 0.15) is 0 Å². The zero-order chi connectivity index (χ0) is 12.3. The number of carbonyl (C=O) groups excluding carboxylic acids is 1. The zero-order valence-electron chi connectivity index (χ0n) is 8.72. The molecule has 0 aliphatic heterocycles. The highest BCUT2D eigenvalue weighted by atomic mass is 35.5. The number of rotatable bonds is 2. The van der Waals surface area contributed by atoms with Crippen molar-refractivity contribution in [3.63, 3.8) is 0 Å². The number of nitrogen functional groups attached to an aromatic ring is 1. The highest BCUT2D eigenvalue weighted by Crippen LogP contribution is 2.21. The Kier molecular flexibility index (Phi) is 3.20. The number of nitrogens with one attached hydrogen (secondary N) is 1. The van der Waals surface area contributed by atoms with E-state index in [9.17, 15) is 4.79 Å². The predicted molar refractivity (Wildman–Crippen MR) is 65.8 cm³/mol. The first-order valence-electron chi connectivity index (χ1n) is 4.81. The van der Waals surface area contributed by atoms with Gasteiger partial charge in [0.05, 0.1) is 10.7 Å². The molecule has 0 aliphatic carbocycles. The van der Waals surface area contributed by atoms with Crippen LogP contribution in [0, 0.1) is 0 Å². The maximum absolute atomic E-state index is 11.8. The van der Waals surface area contributed by atoms with Crippen LogP contribution in [0.4, 0.5) is 11.5 Å². The molecule has 0 saturated heterocycles. The lowest BCUT2D eigenvalue weighted by Crippen LogP contribution is -2.16. The molecule has 17 heavy (non-hydrogen) atoms. The summed E-state index contributed by atoms with van der Waals surface area (Å²) in [5, 5.41) is 3.06. The third-order valence-electron chi connectivity index (χ3n) is 2.06. The van der Waals surface area contributed by atoms with Crippen molar-refractivity contribution in [2.75, 3.05) is 11.1 Å². The fraction of sp³-hybridized carbons (Fsp3) is 0. The molecular formula is C11H9ClN4O. The van der Waals surface area contributed by atoms with Crippen molar-refractivity contribution < 1.29 is 4.79 Å². The Morgan fingerprint density at radius 2 is 1.94 bits per heavy atom. The summed E-state index contributed by atoms with van der Waals surface area (Å²) in [6.45, 7) is 0. The highest BCUT2D eigenvalue weighted by molar-refractivity contribution is 6.33. The number of halogens is 1. The van der Waals surface area contributed by atoms with Crippen LogP contribution in [0.15, 0.2) is 36.7 Å². The third-order valence-corrected chi connectivity index (χ3v) is 2.39. The summed E-state index contributed by atoms with van der Waals surface area (Å²) in [7, 11) is 0. The Morgan fingerprint density at radius 1 is 1.24 bits per heavy atom. The predicted octanol–water partition coefficient (Wildman–Crippen LogP) is 1.96. The van der Waals surface area contributed by atoms with Crippen LogP contribution in [-0.2, 0) is 0 Å². The van der Waals surface area contributed by atoms with Crippen LogP contribution in [0.5, 0.6) is 0 Å². The van der Waals surface area contributed by atoms with Crippen molar-refractivity contribution in [2.24, 2.45) is 0 Å². The van der Waals surface area contributed by atoms with E-state index in [-0.39, 0.29) is 11.5 Å². The molecule has 1 aromatic carbocycles. The molecule has 0 spiro atoms. The lowest BCUT2D eigenvalue weighted by molar-refractivity contribution is 0.102. The number of para-hydroxylation sites is 1. The number of amides is 1. The molecule has 1 heterocycles. The first-order chi connectivity index (χ1) is 8.18. The Balaban J connectivity index is 2.24. The monoisotopic (exact) mass is 248 g/mol.